The van der Waals surface area contributed by atoms with E-state index in [-0.39, 0.29) is 30.0 Å². The molecule has 3 aliphatic heterocycles. The van der Waals surface area contributed by atoms with Crippen molar-refractivity contribution in [1.82, 2.24) is 10.2 Å². The molecule has 1 aromatic carbocycles. The molecule has 4 rings (SSSR count). The molecule has 0 bridgehead atoms. The fourth-order valence-electron chi connectivity index (χ4n) is 3.80. The number of imide groups is 2. The van der Waals surface area contributed by atoms with Crippen molar-refractivity contribution in [1.29, 1.82) is 0 Å². The highest BCUT2D eigenvalue weighted by Gasteiger charge is 2.44. The van der Waals surface area contributed by atoms with Gasteiger partial charge in [-0.2, -0.15) is 0 Å². The number of piperidine rings is 1. The van der Waals surface area contributed by atoms with Crippen LogP contribution >= 0.6 is 0 Å². The number of carbonyl (C=O) groups excluding carboxylic acids is 4. The van der Waals surface area contributed by atoms with Crippen molar-refractivity contribution in [3.63, 3.8) is 0 Å². The SMILES string of the molecule is [N-]=[N+]=NC1CCN(c2ccc3c(c2)C(=O)N(C2CCC(=O)NC2=O)C3=O)C1. The van der Waals surface area contributed by atoms with Crippen LogP contribution in [-0.2, 0) is 9.59 Å². The number of anilines is 1. The van der Waals surface area contributed by atoms with Crippen LogP contribution in [0.2, 0.25) is 0 Å². The lowest BCUT2D eigenvalue weighted by molar-refractivity contribution is -0.136. The molecule has 138 valence electrons. The van der Waals surface area contributed by atoms with E-state index < -0.39 is 29.7 Å². The molecule has 3 heterocycles. The van der Waals surface area contributed by atoms with Gasteiger partial charge in [-0.3, -0.25) is 29.4 Å². The Bertz CT molecular complexity index is 922. The van der Waals surface area contributed by atoms with Crippen LogP contribution in [0.5, 0.6) is 0 Å². The van der Waals surface area contributed by atoms with Crippen LogP contribution in [-0.4, -0.2) is 53.7 Å². The fraction of sp³-hybridized carbons (Fsp3) is 0.412. The summed E-state index contributed by atoms with van der Waals surface area (Å²) in [5, 5.41) is 5.90. The van der Waals surface area contributed by atoms with Crippen LogP contribution in [0.25, 0.3) is 10.4 Å². The zero-order valence-electron chi connectivity index (χ0n) is 14.3. The van der Waals surface area contributed by atoms with Gasteiger partial charge < -0.3 is 4.90 Å². The molecule has 0 aromatic heterocycles. The molecule has 2 saturated heterocycles. The van der Waals surface area contributed by atoms with E-state index in [9.17, 15) is 19.2 Å². The molecular formula is C17H16N6O4. The van der Waals surface area contributed by atoms with Crippen molar-refractivity contribution in [3.8, 4) is 0 Å². The third kappa shape index (κ3) is 2.80. The maximum Gasteiger partial charge on any atom is 0.262 e. The number of azide groups is 1. The van der Waals surface area contributed by atoms with Crippen molar-refractivity contribution < 1.29 is 19.2 Å². The number of carbonyl (C=O) groups is 4. The number of hydrogen-bond donors (Lipinski definition) is 1. The van der Waals surface area contributed by atoms with Crippen molar-refractivity contribution >= 4 is 29.3 Å². The first kappa shape index (κ1) is 17.0. The zero-order valence-corrected chi connectivity index (χ0v) is 14.3. The fourth-order valence-corrected chi connectivity index (χ4v) is 3.80. The van der Waals surface area contributed by atoms with Gasteiger partial charge in [-0.1, -0.05) is 5.11 Å². The number of nitrogens with zero attached hydrogens (tertiary/aromatic N) is 5. The molecule has 0 spiro atoms. The van der Waals surface area contributed by atoms with Gasteiger partial charge in [-0.25, -0.2) is 0 Å². The Hall–Kier alpha value is -3.39. The van der Waals surface area contributed by atoms with Crippen LogP contribution in [0.1, 0.15) is 40.0 Å². The van der Waals surface area contributed by atoms with Gasteiger partial charge in [0.05, 0.1) is 17.2 Å². The second-order valence-corrected chi connectivity index (χ2v) is 6.77. The third-order valence-corrected chi connectivity index (χ3v) is 5.17. The summed E-state index contributed by atoms with van der Waals surface area (Å²) < 4.78 is 0. The maximum absolute atomic E-state index is 12.8. The Kier molecular flexibility index (Phi) is 4.04. The molecule has 0 aliphatic carbocycles. The largest absolute Gasteiger partial charge is 0.371 e. The first-order valence-corrected chi connectivity index (χ1v) is 8.64. The van der Waals surface area contributed by atoms with Crippen molar-refractivity contribution in [2.75, 3.05) is 18.0 Å². The van der Waals surface area contributed by atoms with E-state index in [1.54, 1.807) is 18.2 Å². The van der Waals surface area contributed by atoms with E-state index in [2.05, 4.69) is 15.3 Å². The number of benzene rings is 1. The molecule has 1 aromatic rings. The molecule has 1 N–H and O–H groups in total. The summed E-state index contributed by atoms with van der Waals surface area (Å²) in [6.45, 7) is 1.23. The number of nitrogens with one attached hydrogen (secondary N) is 1. The smallest absolute Gasteiger partial charge is 0.262 e. The van der Waals surface area contributed by atoms with Gasteiger partial charge in [0.15, 0.2) is 0 Å². The summed E-state index contributed by atoms with van der Waals surface area (Å²) in [7, 11) is 0. The van der Waals surface area contributed by atoms with Crippen molar-refractivity contribution in [2.45, 2.75) is 31.3 Å². The topological polar surface area (TPSA) is 136 Å². The van der Waals surface area contributed by atoms with E-state index in [1.165, 1.54) is 0 Å². The minimum Gasteiger partial charge on any atom is -0.371 e. The van der Waals surface area contributed by atoms with Gasteiger partial charge in [0.1, 0.15) is 6.04 Å². The number of amides is 4. The highest BCUT2D eigenvalue weighted by Crippen LogP contribution is 2.32. The lowest BCUT2D eigenvalue weighted by atomic mass is 10.0. The molecule has 2 fully saturated rings. The Morgan fingerprint density at radius 2 is 1.89 bits per heavy atom. The zero-order chi connectivity index (χ0) is 19.1. The van der Waals surface area contributed by atoms with Crippen LogP contribution < -0.4 is 10.2 Å². The van der Waals surface area contributed by atoms with E-state index >= 15 is 0 Å². The minimum absolute atomic E-state index is 0.0869. The third-order valence-electron chi connectivity index (χ3n) is 5.17. The van der Waals surface area contributed by atoms with Crippen molar-refractivity contribution in [2.24, 2.45) is 5.11 Å². The normalized spacial score (nSPS) is 24.7. The summed E-state index contributed by atoms with van der Waals surface area (Å²) in [5.74, 6) is -2.09. The van der Waals surface area contributed by atoms with Crippen LogP contribution in [0, 0.1) is 0 Å². The van der Waals surface area contributed by atoms with Gasteiger partial charge in [0.2, 0.25) is 11.8 Å². The van der Waals surface area contributed by atoms with Gasteiger partial charge in [0, 0.05) is 30.1 Å². The molecule has 0 radical (unpaired) electrons. The lowest BCUT2D eigenvalue weighted by Crippen LogP contribution is -2.54. The predicted molar refractivity (Wildman–Crippen MR) is 92.9 cm³/mol. The van der Waals surface area contributed by atoms with Gasteiger partial charge in [-0.05, 0) is 36.6 Å². The Morgan fingerprint density at radius 3 is 2.63 bits per heavy atom. The maximum atomic E-state index is 12.8. The second kappa shape index (κ2) is 6.40. The summed E-state index contributed by atoms with van der Waals surface area (Å²) in [6.07, 6.45) is 0.934. The molecule has 10 nitrogen and oxygen atoms in total. The van der Waals surface area contributed by atoms with Crippen LogP contribution in [0.15, 0.2) is 23.3 Å². The average Bonchev–Trinajstić information content (AvgIpc) is 3.20. The summed E-state index contributed by atoms with van der Waals surface area (Å²) in [6, 6.07) is 3.87. The number of hydrogen-bond acceptors (Lipinski definition) is 6. The molecule has 2 atom stereocenters. The lowest BCUT2D eigenvalue weighted by Gasteiger charge is -2.27. The predicted octanol–water partition coefficient (Wildman–Crippen LogP) is 0.977. The molecule has 4 amide bonds. The number of rotatable bonds is 3. The number of fused-ring (bicyclic) bond motifs is 1. The van der Waals surface area contributed by atoms with Gasteiger partial charge in [-0.15, -0.1) is 0 Å². The highest BCUT2D eigenvalue weighted by atomic mass is 16.2. The van der Waals surface area contributed by atoms with Gasteiger partial charge in [0.25, 0.3) is 11.8 Å². The second-order valence-electron chi connectivity index (χ2n) is 6.77. The summed E-state index contributed by atoms with van der Waals surface area (Å²) in [5.41, 5.74) is 9.82. The average molecular weight is 368 g/mol. The Labute approximate surface area is 153 Å². The Balaban J connectivity index is 1.60. The van der Waals surface area contributed by atoms with E-state index in [0.717, 1.165) is 17.0 Å². The highest BCUT2D eigenvalue weighted by molar-refractivity contribution is 6.23. The Morgan fingerprint density at radius 1 is 1.11 bits per heavy atom. The van der Waals surface area contributed by atoms with Crippen LogP contribution in [0.3, 0.4) is 0 Å². The van der Waals surface area contributed by atoms with Crippen molar-refractivity contribution in [3.05, 3.63) is 39.8 Å². The molecule has 2 unspecified atom stereocenters. The molecular weight excluding hydrogens is 352 g/mol. The summed E-state index contributed by atoms with van der Waals surface area (Å²) >= 11 is 0. The first-order chi connectivity index (χ1) is 13.0. The quantitative estimate of drug-likeness (QED) is 0.367. The molecule has 0 saturated carbocycles. The summed E-state index contributed by atoms with van der Waals surface area (Å²) in [4.78, 5) is 54.7. The minimum atomic E-state index is -0.973. The molecule has 10 heteroatoms. The van der Waals surface area contributed by atoms with Crippen LogP contribution in [0.4, 0.5) is 5.69 Å². The monoisotopic (exact) mass is 368 g/mol. The molecule has 27 heavy (non-hydrogen) atoms. The molecule has 3 aliphatic rings. The van der Waals surface area contributed by atoms with E-state index in [1.807, 2.05) is 4.90 Å². The van der Waals surface area contributed by atoms with Gasteiger partial charge >= 0.3 is 0 Å². The first-order valence-electron chi connectivity index (χ1n) is 8.64. The standard InChI is InChI=1S/C17H16N6O4/c18-21-20-9-5-6-22(8-9)10-1-2-11-12(7-10)17(27)23(16(11)26)13-3-4-14(24)19-15(13)25/h1-2,7,9,13H,3-6,8H2,(H,19,24,25). The van der Waals surface area contributed by atoms with E-state index in [4.69, 9.17) is 5.53 Å². The van der Waals surface area contributed by atoms with E-state index in [0.29, 0.717) is 13.1 Å².